The highest BCUT2D eigenvalue weighted by atomic mass is 127. The fraction of sp³-hybridized carbons (Fsp3) is 0.333. The predicted molar refractivity (Wildman–Crippen MR) is 71.5 cm³/mol. The fourth-order valence-electron chi connectivity index (χ4n) is 1.34. The molecule has 0 aromatic heterocycles. The van der Waals surface area contributed by atoms with Gasteiger partial charge in [-0.05, 0) is 30.2 Å². The Balaban J connectivity index is 2.55. The van der Waals surface area contributed by atoms with Gasteiger partial charge in [0.05, 0.1) is 0 Å². The SMILES string of the molecule is Fc1ccc2c(c1)C(I)(I)CCS2. The summed E-state index contributed by atoms with van der Waals surface area (Å²) in [5.41, 5.74) is 1.14. The van der Waals surface area contributed by atoms with Crippen molar-refractivity contribution in [1.82, 2.24) is 0 Å². The largest absolute Gasteiger partial charge is 0.207 e. The molecule has 1 heterocycles. The van der Waals surface area contributed by atoms with Crippen LogP contribution < -0.4 is 0 Å². The highest BCUT2D eigenvalue weighted by Gasteiger charge is 2.31. The molecule has 0 unspecified atom stereocenters. The van der Waals surface area contributed by atoms with E-state index in [1.54, 1.807) is 12.1 Å². The van der Waals surface area contributed by atoms with Gasteiger partial charge in [0.25, 0.3) is 0 Å². The normalized spacial score (nSPS) is 19.6. The predicted octanol–water partition coefficient (Wildman–Crippen LogP) is 4.34. The quantitative estimate of drug-likeness (QED) is 0.445. The number of hydrogen-bond acceptors (Lipinski definition) is 1. The van der Waals surface area contributed by atoms with E-state index in [0.29, 0.717) is 0 Å². The van der Waals surface area contributed by atoms with E-state index in [-0.39, 0.29) is 7.25 Å². The van der Waals surface area contributed by atoms with Gasteiger partial charge in [-0.3, -0.25) is 0 Å². The average molecular weight is 420 g/mol. The Labute approximate surface area is 108 Å². The molecule has 2 rings (SSSR count). The molecule has 0 atom stereocenters. The molecule has 4 heteroatoms. The number of rotatable bonds is 0. The lowest BCUT2D eigenvalue weighted by molar-refractivity contribution is 0.622. The molecule has 1 aromatic rings. The first kappa shape index (κ1) is 10.5. The van der Waals surface area contributed by atoms with Crippen molar-refractivity contribution in [2.75, 3.05) is 5.75 Å². The second-order valence-corrected chi connectivity index (χ2v) is 9.83. The topological polar surface area (TPSA) is 0 Å². The van der Waals surface area contributed by atoms with Gasteiger partial charge in [-0.2, -0.15) is 0 Å². The Bertz CT molecular complexity index is 338. The lowest BCUT2D eigenvalue weighted by Gasteiger charge is -2.28. The van der Waals surface area contributed by atoms with Crippen LogP contribution in [0.25, 0.3) is 0 Å². The molecule has 0 spiro atoms. The van der Waals surface area contributed by atoms with Crippen LogP contribution >= 0.6 is 56.9 Å². The maximum Gasteiger partial charge on any atom is 0.123 e. The smallest absolute Gasteiger partial charge is 0.123 e. The van der Waals surface area contributed by atoms with E-state index >= 15 is 0 Å². The summed E-state index contributed by atoms with van der Waals surface area (Å²) >= 11 is 6.63. The standard InChI is InChI=1S/C9H7FI2S/c10-6-1-2-8-7(5-6)9(11,12)3-4-13-8/h1-2,5H,3-4H2. The number of thioether (sulfide) groups is 1. The van der Waals surface area contributed by atoms with Crippen molar-refractivity contribution in [3.05, 3.63) is 29.6 Å². The van der Waals surface area contributed by atoms with E-state index in [0.717, 1.165) is 17.7 Å². The van der Waals surface area contributed by atoms with Crippen LogP contribution in [-0.4, -0.2) is 5.75 Å². The van der Waals surface area contributed by atoms with Crippen LogP contribution in [0.5, 0.6) is 0 Å². The summed E-state index contributed by atoms with van der Waals surface area (Å²) in [6.07, 6.45) is 1.11. The molecule has 70 valence electrons. The van der Waals surface area contributed by atoms with Crippen molar-refractivity contribution >= 4 is 56.9 Å². The summed E-state index contributed by atoms with van der Waals surface area (Å²) in [5, 5.41) is 0. The Kier molecular flexibility index (Phi) is 3.10. The number of hydrogen-bond donors (Lipinski definition) is 0. The first-order chi connectivity index (χ1) is 6.09. The third-order valence-corrected chi connectivity index (χ3v) is 5.33. The zero-order valence-electron chi connectivity index (χ0n) is 6.69. The van der Waals surface area contributed by atoms with Crippen molar-refractivity contribution in [2.24, 2.45) is 0 Å². The Morgan fingerprint density at radius 2 is 2.15 bits per heavy atom. The zero-order valence-corrected chi connectivity index (χ0v) is 11.8. The van der Waals surface area contributed by atoms with E-state index < -0.39 is 0 Å². The third kappa shape index (κ3) is 2.14. The Hall–Kier alpha value is 0.960. The molecule has 0 saturated heterocycles. The minimum atomic E-state index is -0.126. The molecule has 1 aromatic carbocycles. The van der Waals surface area contributed by atoms with Gasteiger partial charge >= 0.3 is 0 Å². The molecule has 0 saturated carbocycles. The lowest BCUT2D eigenvalue weighted by Crippen LogP contribution is -2.15. The highest BCUT2D eigenvalue weighted by Crippen LogP contribution is 2.50. The number of fused-ring (bicyclic) bond motifs is 1. The van der Waals surface area contributed by atoms with Crippen LogP contribution in [0.3, 0.4) is 0 Å². The van der Waals surface area contributed by atoms with Crippen LogP contribution in [0.15, 0.2) is 23.1 Å². The fourth-order valence-corrected chi connectivity index (χ4v) is 5.05. The second kappa shape index (κ2) is 3.84. The van der Waals surface area contributed by atoms with Crippen LogP contribution in [0.1, 0.15) is 12.0 Å². The second-order valence-electron chi connectivity index (χ2n) is 2.94. The summed E-state index contributed by atoms with van der Waals surface area (Å²) in [7, 11) is 0. The summed E-state index contributed by atoms with van der Waals surface area (Å²) < 4.78 is 13.1. The first-order valence-corrected chi connectivity index (χ1v) is 7.04. The van der Waals surface area contributed by atoms with Gasteiger partial charge in [-0.25, -0.2) is 4.39 Å². The molecule has 0 aliphatic carbocycles. The van der Waals surface area contributed by atoms with Crippen LogP contribution in [-0.2, 0) is 1.43 Å². The van der Waals surface area contributed by atoms with Crippen molar-refractivity contribution in [3.8, 4) is 0 Å². The molecule has 1 aliphatic heterocycles. The highest BCUT2D eigenvalue weighted by molar-refractivity contribution is 14.2. The van der Waals surface area contributed by atoms with Crippen LogP contribution in [0, 0.1) is 5.82 Å². The molecule has 0 fully saturated rings. The van der Waals surface area contributed by atoms with E-state index in [9.17, 15) is 4.39 Å². The summed E-state index contributed by atoms with van der Waals surface area (Å²) in [6, 6.07) is 5.10. The summed E-state index contributed by atoms with van der Waals surface area (Å²) in [4.78, 5) is 1.23. The zero-order chi connectivity index (χ0) is 9.47. The van der Waals surface area contributed by atoms with Crippen LogP contribution in [0.2, 0.25) is 0 Å². The molecule has 0 nitrogen and oxygen atoms in total. The number of halogens is 3. The van der Waals surface area contributed by atoms with E-state index in [2.05, 4.69) is 45.2 Å². The Morgan fingerprint density at radius 1 is 1.38 bits per heavy atom. The third-order valence-electron chi connectivity index (χ3n) is 2.01. The minimum Gasteiger partial charge on any atom is -0.207 e. The molecule has 0 amide bonds. The summed E-state index contributed by atoms with van der Waals surface area (Å²) in [5.74, 6) is 1.00. The van der Waals surface area contributed by atoms with Crippen LogP contribution in [0.4, 0.5) is 4.39 Å². The summed E-state index contributed by atoms with van der Waals surface area (Å²) in [6.45, 7) is 0. The Morgan fingerprint density at radius 3 is 2.92 bits per heavy atom. The molecule has 0 N–H and O–H groups in total. The van der Waals surface area contributed by atoms with Gasteiger partial charge in [0, 0.05) is 10.6 Å². The van der Waals surface area contributed by atoms with Crippen molar-refractivity contribution in [3.63, 3.8) is 0 Å². The van der Waals surface area contributed by atoms with E-state index in [1.165, 1.54) is 4.90 Å². The maximum absolute atomic E-state index is 13.0. The number of alkyl halides is 2. The van der Waals surface area contributed by atoms with Crippen molar-refractivity contribution in [2.45, 2.75) is 12.7 Å². The minimum absolute atomic E-state index is 0.0816. The van der Waals surface area contributed by atoms with E-state index in [1.807, 2.05) is 17.8 Å². The van der Waals surface area contributed by atoms with Gasteiger partial charge in [0.2, 0.25) is 0 Å². The molecule has 0 bridgehead atoms. The van der Waals surface area contributed by atoms with Gasteiger partial charge in [-0.15, -0.1) is 11.8 Å². The first-order valence-electron chi connectivity index (χ1n) is 3.90. The van der Waals surface area contributed by atoms with Gasteiger partial charge in [0.1, 0.15) is 7.25 Å². The van der Waals surface area contributed by atoms with Crippen molar-refractivity contribution < 1.29 is 4.39 Å². The number of benzene rings is 1. The molecular weight excluding hydrogens is 413 g/mol. The molecule has 13 heavy (non-hydrogen) atoms. The molecule has 1 aliphatic rings. The van der Waals surface area contributed by atoms with E-state index in [4.69, 9.17) is 0 Å². The molecular formula is C9H7FI2S. The van der Waals surface area contributed by atoms with Gasteiger partial charge in [0.15, 0.2) is 0 Å². The maximum atomic E-state index is 13.0. The van der Waals surface area contributed by atoms with Gasteiger partial charge in [-0.1, -0.05) is 45.2 Å². The molecule has 0 radical (unpaired) electrons. The average Bonchev–Trinajstić information content (AvgIpc) is 2.06. The monoisotopic (exact) mass is 420 g/mol. The van der Waals surface area contributed by atoms with Crippen molar-refractivity contribution in [1.29, 1.82) is 0 Å². The van der Waals surface area contributed by atoms with Gasteiger partial charge < -0.3 is 0 Å². The lowest BCUT2D eigenvalue weighted by atomic mass is 10.1.